The maximum Gasteiger partial charge on any atom is 0.274 e. The molecule has 0 aliphatic rings. The highest BCUT2D eigenvalue weighted by Crippen LogP contribution is 2.07. The first-order valence-corrected chi connectivity index (χ1v) is 5.48. The number of nitrogen functional groups attached to an aromatic ring is 1. The molecule has 0 radical (unpaired) electrons. The van der Waals surface area contributed by atoms with Crippen LogP contribution in [0, 0.1) is 5.82 Å². The summed E-state index contributed by atoms with van der Waals surface area (Å²) in [7, 11) is 0. The van der Waals surface area contributed by atoms with E-state index in [4.69, 9.17) is 5.73 Å². The van der Waals surface area contributed by atoms with Crippen LogP contribution in [0.25, 0.3) is 5.78 Å². The van der Waals surface area contributed by atoms with Gasteiger partial charge in [-0.1, -0.05) is 12.1 Å². The molecule has 3 aromatic rings. The molecule has 0 saturated heterocycles. The van der Waals surface area contributed by atoms with Gasteiger partial charge in [0.25, 0.3) is 11.3 Å². The van der Waals surface area contributed by atoms with Crippen LogP contribution in [0.5, 0.6) is 0 Å². The molecule has 3 N–H and O–H groups in total. The van der Waals surface area contributed by atoms with Crippen LogP contribution in [0.4, 0.5) is 10.3 Å². The smallest absolute Gasteiger partial charge is 0.274 e. The maximum atomic E-state index is 12.8. The molecule has 8 heteroatoms. The first-order valence-electron chi connectivity index (χ1n) is 5.48. The van der Waals surface area contributed by atoms with Gasteiger partial charge in [0.1, 0.15) is 11.5 Å². The topological polar surface area (TPSA) is 102 Å². The summed E-state index contributed by atoms with van der Waals surface area (Å²) in [6.45, 7) is 0. The van der Waals surface area contributed by atoms with E-state index in [1.54, 1.807) is 12.1 Å². The van der Waals surface area contributed by atoms with Crippen molar-refractivity contribution in [3.05, 3.63) is 51.7 Å². The van der Waals surface area contributed by atoms with E-state index >= 15 is 0 Å². The highest BCUT2D eigenvalue weighted by atomic mass is 19.1. The van der Waals surface area contributed by atoms with E-state index in [9.17, 15) is 9.18 Å². The van der Waals surface area contributed by atoms with Gasteiger partial charge in [0.05, 0.1) is 0 Å². The Morgan fingerprint density at radius 2 is 2.00 bits per heavy atom. The van der Waals surface area contributed by atoms with Gasteiger partial charge >= 0.3 is 0 Å². The van der Waals surface area contributed by atoms with Crippen molar-refractivity contribution in [3.63, 3.8) is 0 Å². The van der Waals surface area contributed by atoms with Crippen molar-refractivity contribution >= 4 is 11.7 Å². The van der Waals surface area contributed by atoms with Crippen LogP contribution in [-0.4, -0.2) is 24.8 Å². The van der Waals surface area contributed by atoms with Gasteiger partial charge < -0.3 is 5.73 Å². The number of aromatic nitrogens is 5. The second-order valence-electron chi connectivity index (χ2n) is 4.00. The fourth-order valence-corrected chi connectivity index (χ4v) is 1.72. The molecule has 0 saturated carbocycles. The minimum absolute atomic E-state index is 0.0895. The molecule has 0 aliphatic carbocycles. The van der Waals surface area contributed by atoms with Gasteiger partial charge in [-0.05, 0) is 17.7 Å². The summed E-state index contributed by atoms with van der Waals surface area (Å²) in [5, 5.41) is 11.3. The second kappa shape index (κ2) is 4.16. The van der Waals surface area contributed by atoms with Gasteiger partial charge in [0.2, 0.25) is 5.95 Å². The number of benzene rings is 1. The molecule has 0 unspecified atom stereocenters. The summed E-state index contributed by atoms with van der Waals surface area (Å²) in [6, 6.07) is 5.84. The zero-order valence-electron chi connectivity index (χ0n) is 9.67. The Hall–Kier alpha value is -2.77. The molecular weight excluding hydrogens is 251 g/mol. The van der Waals surface area contributed by atoms with E-state index in [2.05, 4.69) is 20.3 Å². The fourth-order valence-electron chi connectivity index (χ4n) is 1.72. The van der Waals surface area contributed by atoms with Gasteiger partial charge in [-0.3, -0.25) is 9.78 Å². The Morgan fingerprint density at radius 1 is 1.26 bits per heavy atom. The standard InChI is InChI=1S/C11H9FN6O/c12-7-3-1-6(2-4-7)5-8-9(19)14-11-16-15-10(13)18(11)17-8/h1-4H,5H2,(H2,13,15)(H,14,16,19). The van der Waals surface area contributed by atoms with Crippen LogP contribution >= 0.6 is 0 Å². The monoisotopic (exact) mass is 260 g/mol. The fraction of sp³-hybridized carbons (Fsp3) is 0.0909. The van der Waals surface area contributed by atoms with E-state index in [1.807, 2.05) is 0 Å². The van der Waals surface area contributed by atoms with Crippen molar-refractivity contribution in [1.29, 1.82) is 0 Å². The summed E-state index contributed by atoms with van der Waals surface area (Å²) in [4.78, 5) is 14.3. The molecule has 3 rings (SSSR count). The van der Waals surface area contributed by atoms with E-state index in [0.717, 1.165) is 5.56 Å². The van der Waals surface area contributed by atoms with Crippen LogP contribution in [0.15, 0.2) is 29.1 Å². The highest BCUT2D eigenvalue weighted by molar-refractivity contribution is 5.33. The SMILES string of the molecule is Nc1nnc2[nH]c(=O)c(Cc3ccc(F)cc3)nn12. The molecule has 0 fully saturated rings. The van der Waals surface area contributed by atoms with Crippen LogP contribution < -0.4 is 11.3 Å². The number of fused-ring (bicyclic) bond motifs is 1. The van der Waals surface area contributed by atoms with E-state index in [0.29, 0.717) is 0 Å². The zero-order chi connectivity index (χ0) is 13.4. The van der Waals surface area contributed by atoms with Crippen LogP contribution in [0.1, 0.15) is 11.3 Å². The lowest BCUT2D eigenvalue weighted by molar-refractivity contribution is 0.627. The zero-order valence-corrected chi connectivity index (χ0v) is 9.67. The molecular formula is C11H9FN6O. The number of halogens is 1. The Balaban J connectivity index is 2.04. The number of hydrogen-bond acceptors (Lipinski definition) is 5. The van der Waals surface area contributed by atoms with E-state index in [1.165, 1.54) is 16.6 Å². The molecule has 0 spiro atoms. The van der Waals surface area contributed by atoms with Crippen molar-refractivity contribution in [2.45, 2.75) is 6.42 Å². The van der Waals surface area contributed by atoms with Crippen molar-refractivity contribution in [3.8, 4) is 0 Å². The lowest BCUT2D eigenvalue weighted by atomic mass is 10.1. The lowest BCUT2D eigenvalue weighted by Crippen LogP contribution is -2.19. The second-order valence-corrected chi connectivity index (χ2v) is 4.00. The van der Waals surface area contributed by atoms with Gasteiger partial charge in [-0.15, -0.1) is 10.2 Å². The van der Waals surface area contributed by atoms with Crippen LogP contribution in [0.2, 0.25) is 0 Å². The normalized spacial score (nSPS) is 11.0. The number of rotatable bonds is 2. The molecule has 0 bridgehead atoms. The molecule has 96 valence electrons. The van der Waals surface area contributed by atoms with Crippen LogP contribution in [0.3, 0.4) is 0 Å². The summed E-state index contributed by atoms with van der Waals surface area (Å²) in [5.74, 6) is -0.0545. The Kier molecular flexibility index (Phi) is 2.48. The predicted octanol–water partition coefficient (Wildman–Crippen LogP) is 0.125. The average Bonchev–Trinajstić information content (AvgIpc) is 2.74. The Labute approximate surface area is 105 Å². The van der Waals surface area contributed by atoms with E-state index in [-0.39, 0.29) is 35.2 Å². The number of aromatic amines is 1. The van der Waals surface area contributed by atoms with Crippen molar-refractivity contribution < 1.29 is 4.39 Å². The van der Waals surface area contributed by atoms with Gasteiger partial charge in [-0.2, -0.15) is 9.61 Å². The maximum absolute atomic E-state index is 12.8. The highest BCUT2D eigenvalue weighted by Gasteiger charge is 2.09. The number of nitrogens with zero attached hydrogens (tertiary/aromatic N) is 4. The van der Waals surface area contributed by atoms with Crippen molar-refractivity contribution in [1.82, 2.24) is 24.8 Å². The van der Waals surface area contributed by atoms with E-state index < -0.39 is 0 Å². The number of nitrogens with one attached hydrogen (secondary N) is 1. The molecule has 2 heterocycles. The van der Waals surface area contributed by atoms with Gasteiger partial charge in [-0.25, -0.2) is 4.39 Å². The molecule has 19 heavy (non-hydrogen) atoms. The molecule has 2 aromatic heterocycles. The first kappa shape index (κ1) is 11.3. The molecule has 0 atom stereocenters. The minimum Gasteiger partial charge on any atom is -0.366 e. The Bertz CT molecular complexity index is 791. The Morgan fingerprint density at radius 3 is 2.74 bits per heavy atom. The lowest BCUT2D eigenvalue weighted by Gasteiger charge is -2.01. The summed E-state index contributed by atoms with van der Waals surface area (Å²) < 4.78 is 14.1. The van der Waals surface area contributed by atoms with Crippen LogP contribution in [-0.2, 0) is 6.42 Å². The molecule has 0 aliphatic heterocycles. The third-order valence-electron chi connectivity index (χ3n) is 2.66. The minimum atomic E-state index is -0.371. The summed E-state index contributed by atoms with van der Waals surface area (Å²) in [6.07, 6.45) is 0.267. The third-order valence-corrected chi connectivity index (χ3v) is 2.66. The molecule has 7 nitrogen and oxygen atoms in total. The quantitative estimate of drug-likeness (QED) is 0.681. The summed E-state index contributed by atoms with van der Waals surface area (Å²) >= 11 is 0. The van der Waals surface area contributed by atoms with Gasteiger partial charge in [0.15, 0.2) is 0 Å². The number of hydrogen-bond donors (Lipinski definition) is 2. The average molecular weight is 260 g/mol. The van der Waals surface area contributed by atoms with Crippen molar-refractivity contribution in [2.24, 2.45) is 0 Å². The predicted molar refractivity (Wildman–Crippen MR) is 65.0 cm³/mol. The summed E-state index contributed by atoms with van der Waals surface area (Å²) in [5.41, 5.74) is 6.22. The number of nitrogens with two attached hydrogens (primary N) is 1. The number of anilines is 1. The molecule has 0 amide bonds. The van der Waals surface area contributed by atoms with Crippen molar-refractivity contribution in [2.75, 3.05) is 5.73 Å². The molecule has 1 aromatic carbocycles. The van der Waals surface area contributed by atoms with Gasteiger partial charge in [0, 0.05) is 6.42 Å². The first-order chi connectivity index (χ1) is 9.13. The number of H-pyrrole nitrogens is 1. The third kappa shape index (κ3) is 2.03. The largest absolute Gasteiger partial charge is 0.366 e.